The summed E-state index contributed by atoms with van der Waals surface area (Å²) in [6, 6.07) is 0. The van der Waals surface area contributed by atoms with Gasteiger partial charge < -0.3 is 4.74 Å². The van der Waals surface area contributed by atoms with Gasteiger partial charge in [0.05, 0.1) is 18.8 Å². The number of rotatable bonds is 6. The largest absolute Gasteiger partial charge is 0.411 e. The van der Waals surface area contributed by atoms with Gasteiger partial charge in [0.25, 0.3) is 0 Å². The average Bonchev–Trinajstić information content (AvgIpc) is 2.72. The molecule has 0 saturated heterocycles. The molecule has 0 aliphatic heterocycles. The molecule has 0 N–H and O–H groups in total. The van der Waals surface area contributed by atoms with Crippen molar-refractivity contribution in [3.8, 4) is 0 Å². The zero-order chi connectivity index (χ0) is 16.3. The molecule has 0 aromatic carbocycles. The number of alkyl halides is 3. The molecule has 0 bridgehead atoms. The molecule has 0 saturated carbocycles. The topological polar surface area (TPSA) is 52.8 Å². The van der Waals surface area contributed by atoms with Gasteiger partial charge in [-0.2, -0.15) is 18.3 Å². The first-order valence-electron chi connectivity index (χ1n) is 6.15. The van der Waals surface area contributed by atoms with E-state index in [4.69, 9.17) is 23.2 Å². The van der Waals surface area contributed by atoms with Gasteiger partial charge in [-0.15, -0.1) is 6.58 Å². The van der Waals surface area contributed by atoms with E-state index in [2.05, 4.69) is 26.4 Å². The predicted octanol–water partition coefficient (Wildman–Crippen LogP) is 3.44. The molecule has 0 spiro atoms. The standard InChI is InChI=1S/C12H11Cl2F3N4O/c1-2-3-7-8-9(10(13)19-11(14)18-8)21(20-7)4-5-22-6-12(15,16)17/h2H,1,3-6H2. The molecule has 0 amide bonds. The number of aromatic nitrogens is 4. The molecule has 0 radical (unpaired) electrons. The Labute approximate surface area is 133 Å². The van der Waals surface area contributed by atoms with Gasteiger partial charge in [0, 0.05) is 6.42 Å². The van der Waals surface area contributed by atoms with Crippen LogP contribution < -0.4 is 0 Å². The Morgan fingerprint density at radius 1 is 1.27 bits per heavy atom. The van der Waals surface area contributed by atoms with Crippen LogP contribution in [0.1, 0.15) is 5.69 Å². The number of hydrogen-bond acceptors (Lipinski definition) is 4. The van der Waals surface area contributed by atoms with Crippen LogP contribution >= 0.6 is 23.2 Å². The van der Waals surface area contributed by atoms with Crippen molar-refractivity contribution >= 4 is 34.2 Å². The Bertz CT molecular complexity index is 687. The number of hydrogen-bond donors (Lipinski definition) is 0. The van der Waals surface area contributed by atoms with Gasteiger partial charge in [-0.05, 0) is 11.6 Å². The highest BCUT2D eigenvalue weighted by Crippen LogP contribution is 2.25. The summed E-state index contributed by atoms with van der Waals surface area (Å²) in [5, 5.41) is 4.30. The van der Waals surface area contributed by atoms with Crippen molar-refractivity contribution in [1.82, 2.24) is 19.7 Å². The fourth-order valence-electron chi connectivity index (χ4n) is 1.85. The third kappa shape index (κ3) is 4.08. The Kier molecular flexibility index (Phi) is 5.25. The smallest absolute Gasteiger partial charge is 0.370 e. The van der Waals surface area contributed by atoms with Gasteiger partial charge in [0.15, 0.2) is 5.15 Å². The second-order valence-corrected chi connectivity index (χ2v) is 5.01. The molecule has 120 valence electrons. The van der Waals surface area contributed by atoms with Gasteiger partial charge in [0.2, 0.25) is 5.28 Å². The molecule has 5 nitrogen and oxygen atoms in total. The van der Waals surface area contributed by atoms with Crippen LogP contribution in [0.3, 0.4) is 0 Å². The second kappa shape index (κ2) is 6.80. The molecular formula is C12H11Cl2F3N4O. The van der Waals surface area contributed by atoms with Crippen molar-refractivity contribution in [1.29, 1.82) is 0 Å². The van der Waals surface area contributed by atoms with Gasteiger partial charge in [-0.25, -0.2) is 9.97 Å². The SMILES string of the molecule is C=CCc1nn(CCOCC(F)(F)F)c2c(Cl)nc(Cl)nc12. The highest BCUT2D eigenvalue weighted by molar-refractivity contribution is 6.35. The quantitative estimate of drug-likeness (QED) is 0.345. The lowest BCUT2D eigenvalue weighted by Crippen LogP contribution is -2.19. The summed E-state index contributed by atoms with van der Waals surface area (Å²) in [6.07, 6.45) is -2.33. The summed E-state index contributed by atoms with van der Waals surface area (Å²) in [5.41, 5.74) is 1.41. The zero-order valence-corrected chi connectivity index (χ0v) is 12.7. The molecule has 0 fully saturated rings. The van der Waals surface area contributed by atoms with E-state index in [1.165, 1.54) is 4.68 Å². The average molecular weight is 355 g/mol. The Hall–Kier alpha value is -1.38. The fourth-order valence-corrected chi connectivity index (χ4v) is 2.33. The molecule has 2 aromatic heterocycles. The van der Waals surface area contributed by atoms with Crippen LogP contribution in [0.2, 0.25) is 10.4 Å². The minimum Gasteiger partial charge on any atom is -0.370 e. The lowest BCUT2D eigenvalue weighted by atomic mass is 10.2. The van der Waals surface area contributed by atoms with Crippen LogP contribution in [-0.4, -0.2) is 39.1 Å². The maximum Gasteiger partial charge on any atom is 0.411 e. The van der Waals surface area contributed by atoms with Crippen LogP contribution in [0.4, 0.5) is 13.2 Å². The summed E-state index contributed by atoms with van der Waals surface area (Å²) in [4.78, 5) is 7.88. The fraction of sp³-hybridized carbons (Fsp3) is 0.417. The van der Waals surface area contributed by atoms with Crippen LogP contribution in [0.15, 0.2) is 12.7 Å². The van der Waals surface area contributed by atoms with Crippen LogP contribution in [0, 0.1) is 0 Å². The maximum atomic E-state index is 12.0. The van der Waals surface area contributed by atoms with Gasteiger partial charge in [0.1, 0.15) is 17.6 Å². The molecule has 0 aliphatic carbocycles. The lowest BCUT2D eigenvalue weighted by molar-refractivity contribution is -0.174. The molecule has 0 aliphatic rings. The Morgan fingerprint density at radius 2 is 2.00 bits per heavy atom. The van der Waals surface area contributed by atoms with Crippen LogP contribution in [0.5, 0.6) is 0 Å². The van der Waals surface area contributed by atoms with E-state index in [1.54, 1.807) is 6.08 Å². The van der Waals surface area contributed by atoms with Gasteiger partial charge in [-0.1, -0.05) is 17.7 Å². The summed E-state index contributed by atoms with van der Waals surface area (Å²) in [5.74, 6) is 0. The normalized spacial score (nSPS) is 12.0. The highest BCUT2D eigenvalue weighted by Gasteiger charge is 2.27. The first kappa shape index (κ1) is 17.0. The molecule has 0 unspecified atom stereocenters. The number of nitrogens with zero attached hydrogens (tertiary/aromatic N) is 4. The molecule has 0 atom stereocenters. The Balaban J connectivity index is 2.24. The van der Waals surface area contributed by atoms with Crippen molar-refractivity contribution in [2.45, 2.75) is 19.1 Å². The van der Waals surface area contributed by atoms with E-state index < -0.39 is 12.8 Å². The molecule has 10 heteroatoms. The first-order valence-corrected chi connectivity index (χ1v) is 6.91. The van der Waals surface area contributed by atoms with E-state index in [0.717, 1.165) is 0 Å². The molecule has 2 aromatic rings. The number of allylic oxidation sites excluding steroid dienone is 1. The Morgan fingerprint density at radius 3 is 2.64 bits per heavy atom. The first-order chi connectivity index (χ1) is 10.3. The van der Waals surface area contributed by atoms with E-state index in [-0.39, 0.29) is 23.6 Å². The van der Waals surface area contributed by atoms with Gasteiger partial charge >= 0.3 is 6.18 Å². The van der Waals surface area contributed by atoms with Crippen molar-refractivity contribution < 1.29 is 17.9 Å². The number of ether oxygens (including phenoxy) is 1. The summed E-state index contributed by atoms with van der Waals surface area (Å²) in [7, 11) is 0. The zero-order valence-electron chi connectivity index (χ0n) is 11.2. The van der Waals surface area contributed by atoms with E-state index >= 15 is 0 Å². The molecule has 2 rings (SSSR count). The van der Waals surface area contributed by atoms with E-state index in [9.17, 15) is 13.2 Å². The third-order valence-electron chi connectivity index (χ3n) is 2.64. The summed E-state index contributed by atoms with van der Waals surface area (Å²) >= 11 is 11.8. The van der Waals surface area contributed by atoms with Crippen molar-refractivity contribution in [3.05, 3.63) is 28.8 Å². The van der Waals surface area contributed by atoms with Crippen molar-refractivity contribution in [2.24, 2.45) is 0 Å². The number of halogens is 5. The predicted molar refractivity (Wildman–Crippen MR) is 76.1 cm³/mol. The monoisotopic (exact) mass is 354 g/mol. The highest BCUT2D eigenvalue weighted by atomic mass is 35.5. The third-order valence-corrected chi connectivity index (χ3v) is 3.07. The number of fused-ring (bicyclic) bond motifs is 1. The molecular weight excluding hydrogens is 344 g/mol. The summed E-state index contributed by atoms with van der Waals surface area (Å²) in [6.45, 7) is 2.19. The summed E-state index contributed by atoms with van der Waals surface area (Å²) < 4.78 is 42.1. The molecule has 2 heterocycles. The van der Waals surface area contributed by atoms with E-state index in [0.29, 0.717) is 23.1 Å². The lowest BCUT2D eigenvalue weighted by Gasteiger charge is -2.08. The minimum absolute atomic E-state index is 0.0318. The maximum absolute atomic E-state index is 12.0. The van der Waals surface area contributed by atoms with Crippen molar-refractivity contribution in [2.75, 3.05) is 13.2 Å². The van der Waals surface area contributed by atoms with Crippen molar-refractivity contribution in [3.63, 3.8) is 0 Å². The molecule has 22 heavy (non-hydrogen) atoms. The van der Waals surface area contributed by atoms with Gasteiger partial charge in [-0.3, -0.25) is 4.68 Å². The minimum atomic E-state index is -4.37. The van der Waals surface area contributed by atoms with Crippen LogP contribution in [-0.2, 0) is 17.7 Å². The second-order valence-electron chi connectivity index (χ2n) is 4.31. The van der Waals surface area contributed by atoms with Crippen LogP contribution in [0.25, 0.3) is 11.0 Å². The van der Waals surface area contributed by atoms with E-state index in [1.807, 2.05) is 0 Å².